The predicted molar refractivity (Wildman–Crippen MR) is 72.7 cm³/mol. The van der Waals surface area contributed by atoms with Crippen LogP contribution in [-0.2, 0) is 9.53 Å². The summed E-state index contributed by atoms with van der Waals surface area (Å²) in [5, 5.41) is 11.6. The summed E-state index contributed by atoms with van der Waals surface area (Å²) >= 11 is 0. The van der Waals surface area contributed by atoms with Gasteiger partial charge in [0.1, 0.15) is 0 Å². The number of carbonyl (C=O) groups excluding carboxylic acids is 1. The summed E-state index contributed by atoms with van der Waals surface area (Å²) in [6.45, 7) is 0.762. The predicted octanol–water partition coefficient (Wildman–Crippen LogP) is 2.07. The van der Waals surface area contributed by atoms with Crippen molar-refractivity contribution in [2.45, 2.75) is 38.2 Å². The first-order valence-electron chi connectivity index (χ1n) is 6.76. The summed E-state index contributed by atoms with van der Waals surface area (Å²) in [5.41, 5.74) is 0.0873. The highest BCUT2D eigenvalue weighted by Crippen LogP contribution is 2.18. The van der Waals surface area contributed by atoms with Crippen LogP contribution in [0.3, 0.4) is 0 Å². The van der Waals surface area contributed by atoms with Crippen molar-refractivity contribution in [1.82, 2.24) is 4.98 Å². The molecule has 1 aliphatic heterocycles. The Morgan fingerprint density at radius 3 is 3.00 bits per heavy atom. The monoisotopic (exact) mass is 278 g/mol. The maximum Gasteiger partial charge on any atom is 0.356 e. The number of pyridine rings is 1. The lowest BCUT2D eigenvalue weighted by molar-refractivity contribution is -0.117. The number of rotatable bonds is 5. The van der Waals surface area contributed by atoms with E-state index in [-0.39, 0.29) is 23.4 Å². The van der Waals surface area contributed by atoms with Gasteiger partial charge in [0, 0.05) is 19.2 Å². The zero-order valence-corrected chi connectivity index (χ0v) is 11.2. The topological polar surface area (TPSA) is 88.5 Å². The SMILES string of the molecule is O=C(CCC1CCCCO1)Nc1cccnc1C(=O)O. The molecule has 1 amide bonds. The molecule has 2 rings (SSSR count). The summed E-state index contributed by atoms with van der Waals surface area (Å²) in [5.74, 6) is -1.37. The molecular weight excluding hydrogens is 260 g/mol. The minimum Gasteiger partial charge on any atom is -0.476 e. The minimum atomic E-state index is -1.16. The fraction of sp³-hybridized carbons (Fsp3) is 0.500. The van der Waals surface area contributed by atoms with E-state index < -0.39 is 5.97 Å². The molecule has 0 saturated carbocycles. The van der Waals surface area contributed by atoms with Crippen LogP contribution in [0.2, 0.25) is 0 Å². The Balaban J connectivity index is 1.86. The van der Waals surface area contributed by atoms with Crippen LogP contribution in [0.15, 0.2) is 18.3 Å². The fourth-order valence-electron chi connectivity index (χ4n) is 2.22. The van der Waals surface area contributed by atoms with E-state index in [1.807, 2.05) is 0 Å². The number of nitrogens with one attached hydrogen (secondary N) is 1. The van der Waals surface area contributed by atoms with E-state index in [4.69, 9.17) is 9.84 Å². The summed E-state index contributed by atoms with van der Waals surface area (Å²) in [6, 6.07) is 3.12. The molecule has 1 atom stereocenters. The Bertz CT molecular complexity index is 484. The molecule has 108 valence electrons. The standard InChI is InChI=1S/C14H18N2O4/c17-12(7-6-10-4-1-2-9-20-10)16-11-5-3-8-15-13(11)14(18)19/h3,5,8,10H,1-2,4,6-7,9H2,(H,16,17)(H,18,19). The maximum atomic E-state index is 11.8. The van der Waals surface area contributed by atoms with Gasteiger partial charge in [-0.3, -0.25) is 4.79 Å². The number of aromatic nitrogens is 1. The molecule has 1 aromatic rings. The second-order valence-corrected chi connectivity index (χ2v) is 4.78. The van der Waals surface area contributed by atoms with Crippen LogP contribution >= 0.6 is 0 Å². The first-order chi connectivity index (χ1) is 9.66. The Morgan fingerprint density at radius 2 is 2.30 bits per heavy atom. The van der Waals surface area contributed by atoms with Crippen LogP contribution in [-0.4, -0.2) is 34.7 Å². The number of carbonyl (C=O) groups is 2. The molecular formula is C14H18N2O4. The van der Waals surface area contributed by atoms with Crippen molar-refractivity contribution in [3.05, 3.63) is 24.0 Å². The highest BCUT2D eigenvalue weighted by Gasteiger charge is 2.17. The molecule has 2 heterocycles. The first kappa shape index (κ1) is 14.5. The highest BCUT2D eigenvalue weighted by atomic mass is 16.5. The van der Waals surface area contributed by atoms with Crippen LogP contribution in [0.4, 0.5) is 5.69 Å². The van der Waals surface area contributed by atoms with Gasteiger partial charge in [-0.2, -0.15) is 0 Å². The molecule has 2 N–H and O–H groups in total. The number of hydrogen-bond donors (Lipinski definition) is 2. The van der Waals surface area contributed by atoms with E-state index in [1.165, 1.54) is 12.3 Å². The molecule has 1 aromatic heterocycles. The molecule has 1 unspecified atom stereocenters. The van der Waals surface area contributed by atoms with Crippen molar-refractivity contribution < 1.29 is 19.4 Å². The molecule has 0 bridgehead atoms. The van der Waals surface area contributed by atoms with Crippen LogP contribution < -0.4 is 5.32 Å². The number of nitrogens with zero attached hydrogens (tertiary/aromatic N) is 1. The maximum absolute atomic E-state index is 11.8. The van der Waals surface area contributed by atoms with Gasteiger partial charge >= 0.3 is 5.97 Å². The van der Waals surface area contributed by atoms with Gasteiger partial charge in [0.25, 0.3) is 0 Å². The van der Waals surface area contributed by atoms with E-state index in [0.29, 0.717) is 12.8 Å². The summed E-state index contributed by atoms with van der Waals surface area (Å²) in [6.07, 6.45) is 5.71. The quantitative estimate of drug-likeness (QED) is 0.860. The molecule has 6 heteroatoms. The second kappa shape index (κ2) is 7.00. The Morgan fingerprint density at radius 1 is 1.45 bits per heavy atom. The van der Waals surface area contributed by atoms with Crippen molar-refractivity contribution in [3.63, 3.8) is 0 Å². The molecule has 0 spiro atoms. The Kier molecular flexibility index (Phi) is 5.06. The van der Waals surface area contributed by atoms with E-state index >= 15 is 0 Å². The summed E-state index contributed by atoms with van der Waals surface area (Å²) in [7, 11) is 0. The Hall–Kier alpha value is -1.95. The molecule has 20 heavy (non-hydrogen) atoms. The molecule has 6 nitrogen and oxygen atoms in total. The molecule has 1 saturated heterocycles. The molecule has 0 aromatic carbocycles. The van der Waals surface area contributed by atoms with E-state index in [0.717, 1.165) is 25.9 Å². The number of carboxylic acids is 1. The number of ether oxygens (including phenoxy) is 1. The third-order valence-corrected chi connectivity index (χ3v) is 3.25. The fourth-order valence-corrected chi connectivity index (χ4v) is 2.22. The van der Waals surface area contributed by atoms with Crippen LogP contribution in [0.25, 0.3) is 0 Å². The second-order valence-electron chi connectivity index (χ2n) is 4.78. The van der Waals surface area contributed by atoms with Crippen molar-refractivity contribution >= 4 is 17.6 Å². The van der Waals surface area contributed by atoms with Crippen LogP contribution in [0, 0.1) is 0 Å². The van der Waals surface area contributed by atoms with Crippen LogP contribution in [0.1, 0.15) is 42.6 Å². The van der Waals surface area contributed by atoms with Gasteiger partial charge in [-0.25, -0.2) is 9.78 Å². The van der Waals surface area contributed by atoms with E-state index in [9.17, 15) is 9.59 Å². The van der Waals surface area contributed by atoms with Gasteiger partial charge in [-0.1, -0.05) is 0 Å². The summed E-state index contributed by atoms with van der Waals surface area (Å²) in [4.78, 5) is 26.6. The third kappa shape index (κ3) is 4.03. The van der Waals surface area contributed by atoms with Gasteiger partial charge in [0.15, 0.2) is 5.69 Å². The zero-order chi connectivity index (χ0) is 14.4. The lowest BCUT2D eigenvalue weighted by atomic mass is 10.0. The third-order valence-electron chi connectivity index (χ3n) is 3.25. The van der Waals surface area contributed by atoms with Gasteiger partial charge in [-0.15, -0.1) is 0 Å². The molecule has 1 aliphatic rings. The number of hydrogen-bond acceptors (Lipinski definition) is 4. The number of amides is 1. The normalized spacial score (nSPS) is 18.5. The molecule has 0 radical (unpaired) electrons. The smallest absolute Gasteiger partial charge is 0.356 e. The average Bonchev–Trinajstić information content (AvgIpc) is 2.46. The van der Waals surface area contributed by atoms with E-state index in [1.54, 1.807) is 6.07 Å². The van der Waals surface area contributed by atoms with Gasteiger partial charge in [-0.05, 0) is 37.8 Å². The number of carboxylic acid groups (broad SMARTS) is 1. The zero-order valence-electron chi connectivity index (χ0n) is 11.2. The average molecular weight is 278 g/mol. The Labute approximate surface area is 117 Å². The van der Waals surface area contributed by atoms with Crippen molar-refractivity contribution in [1.29, 1.82) is 0 Å². The minimum absolute atomic E-state index is 0.141. The number of aromatic carboxylic acids is 1. The lowest BCUT2D eigenvalue weighted by Gasteiger charge is -2.22. The van der Waals surface area contributed by atoms with Gasteiger partial charge in [0.05, 0.1) is 11.8 Å². The van der Waals surface area contributed by atoms with Crippen molar-refractivity contribution in [3.8, 4) is 0 Å². The number of anilines is 1. The van der Waals surface area contributed by atoms with Crippen molar-refractivity contribution in [2.24, 2.45) is 0 Å². The summed E-state index contributed by atoms with van der Waals surface area (Å²) < 4.78 is 5.55. The first-order valence-corrected chi connectivity index (χ1v) is 6.76. The lowest BCUT2D eigenvalue weighted by Crippen LogP contribution is -2.22. The highest BCUT2D eigenvalue weighted by molar-refractivity contribution is 5.98. The van der Waals surface area contributed by atoms with Crippen LogP contribution in [0.5, 0.6) is 0 Å². The molecule has 1 fully saturated rings. The van der Waals surface area contributed by atoms with E-state index in [2.05, 4.69) is 10.3 Å². The van der Waals surface area contributed by atoms with Crippen molar-refractivity contribution in [2.75, 3.05) is 11.9 Å². The van der Waals surface area contributed by atoms with Gasteiger partial charge < -0.3 is 15.2 Å². The largest absolute Gasteiger partial charge is 0.476 e. The van der Waals surface area contributed by atoms with Gasteiger partial charge in [0.2, 0.25) is 5.91 Å². The molecule has 0 aliphatic carbocycles.